The largest absolute Gasteiger partial charge is 0.466 e. The summed E-state index contributed by atoms with van der Waals surface area (Å²) in [4.78, 5) is 11.6. The Morgan fingerprint density at radius 2 is 1.92 bits per heavy atom. The van der Waals surface area contributed by atoms with E-state index in [9.17, 15) is 18.0 Å². The predicted molar refractivity (Wildman–Crippen MR) is 103 cm³/mol. The molecule has 0 aliphatic rings. The minimum absolute atomic E-state index is 0.0515. The first-order valence-electron chi connectivity index (χ1n) is 8.15. The lowest BCUT2D eigenvalue weighted by Gasteiger charge is -2.21. The molecule has 0 heterocycles. The van der Waals surface area contributed by atoms with Crippen molar-refractivity contribution < 1.29 is 22.7 Å². The van der Waals surface area contributed by atoms with Gasteiger partial charge in [0.25, 0.3) is 0 Å². The highest BCUT2D eigenvalue weighted by Crippen LogP contribution is 2.35. The molecule has 8 heteroatoms. The summed E-state index contributed by atoms with van der Waals surface area (Å²) in [6.07, 6.45) is -5.63. The van der Waals surface area contributed by atoms with Crippen LogP contribution in [0, 0.1) is 5.92 Å². The predicted octanol–water partition coefficient (Wildman–Crippen LogP) is 6.21. The molecule has 0 bridgehead atoms. The Kier molecular flexibility index (Phi) is 8.66. The second-order valence-corrected chi connectivity index (χ2v) is 9.21. The lowest BCUT2D eigenvalue weighted by Crippen LogP contribution is -2.29. The molecule has 1 atom stereocenters. The van der Waals surface area contributed by atoms with Crippen LogP contribution in [-0.2, 0) is 9.53 Å². The number of carbonyl (C=O) groups is 1. The number of alkyl halides is 3. The molecule has 1 aromatic carbocycles. The third-order valence-electron chi connectivity index (χ3n) is 3.21. The highest BCUT2D eigenvalue weighted by Gasteiger charge is 2.42. The van der Waals surface area contributed by atoms with Gasteiger partial charge in [0.15, 0.2) is 0 Å². The van der Waals surface area contributed by atoms with Crippen LogP contribution in [0.25, 0.3) is 0 Å². The van der Waals surface area contributed by atoms with E-state index in [2.05, 4.69) is 20.3 Å². The molecule has 0 amide bonds. The van der Waals surface area contributed by atoms with Crippen LogP contribution in [0.2, 0.25) is 0 Å². The SMILES string of the molecule is CCOC(=O)CC(C/C(=N/SC(C)(C)C)c1cccc(Br)c1)C(F)(F)F. The Bertz CT molecular complexity index is 642. The standard InChI is InChI=1S/C18H23BrF3NO2S/c1-5-25-16(24)11-13(18(20,21)22)10-15(23-26-17(2,3)4)12-7-6-8-14(19)9-12/h6-9,13H,5,10-11H2,1-4H3/b23-15-. The Morgan fingerprint density at radius 3 is 2.42 bits per heavy atom. The zero-order chi connectivity index (χ0) is 20.0. The number of carbonyl (C=O) groups excluding carboxylic acids is 1. The Hall–Kier alpha value is -1.02. The van der Waals surface area contributed by atoms with Crippen molar-refractivity contribution in [2.75, 3.05) is 6.61 Å². The third-order valence-corrected chi connectivity index (χ3v) is 4.56. The first-order chi connectivity index (χ1) is 11.9. The summed E-state index contributed by atoms with van der Waals surface area (Å²) in [5.41, 5.74) is 0.895. The molecule has 3 nitrogen and oxygen atoms in total. The van der Waals surface area contributed by atoms with Crippen molar-refractivity contribution >= 4 is 39.6 Å². The van der Waals surface area contributed by atoms with Gasteiger partial charge < -0.3 is 4.74 Å². The Balaban J connectivity index is 3.16. The van der Waals surface area contributed by atoms with Crippen molar-refractivity contribution in [2.24, 2.45) is 10.3 Å². The maximum absolute atomic E-state index is 13.5. The normalized spacial score (nSPS) is 14.2. The maximum Gasteiger partial charge on any atom is 0.392 e. The van der Waals surface area contributed by atoms with Gasteiger partial charge in [-0.15, -0.1) is 0 Å². The van der Waals surface area contributed by atoms with E-state index >= 15 is 0 Å². The zero-order valence-corrected chi connectivity index (χ0v) is 17.6. The Morgan fingerprint density at radius 1 is 1.27 bits per heavy atom. The molecular formula is C18H23BrF3NO2S. The van der Waals surface area contributed by atoms with Crippen LogP contribution in [0.3, 0.4) is 0 Å². The number of nitrogens with zero attached hydrogens (tertiary/aromatic N) is 1. The topological polar surface area (TPSA) is 38.7 Å². The summed E-state index contributed by atoms with van der Waals surface area (Å²) in [7, 11) is 0. The minimum Gasteiger partial charge on any atom is -0.466 e. The average Bonchev–Trinajstić information content (AvgIpc) is 2.48. The molecule has 1 aromatic rings. The van der Waals surface area contributed by atoms with Gasteiger partial charge >= 0.3 is 12.1 Å². The average molecular weight is 454 g/mol. The third kappa shape index (κ3) is 8.58. The van der Waals surface area contributed by atoms with E-state index in [1.165, 1.54) is 11.9 Å². The fourth-order valence-electron chi connectivity index (χ4n) is 2.03. The van der Waals surface area contributed by atoms with E-state index < -0.39 is 24.5 Å². The van der Waals surface area contributed by atoms with Gasteiger partial charge in [0, 0.05) is 15.6 Å². The second kappa shape index (κ2) is 9.78. The van der Waals surface area contributed by atoms with Crippen molar-refractivity contribution in [3.8, 4) is 0 Å². The number of benzene rings is 1. The molecular weight excluding hydrogens is 431 g/mol. The molecule has 0 spiro atoms. The van der Waals surface area contributed by atoms with Crippen LogP contribution in [-0.4, -0.2) is 29.2 Å². The molecule has 146 valence electrons. The fourth-order valence-corrected chi connectivity index (χ4v) is 2.99. The lowest BCUT2D eigenvalue weighted by atomic mass is 9.94. The first kappa shape index (κ1) is 23.0. The van der Waals surface area contributed by atoms with Gasteiger partial charge in [-0.1, -0.05) is 28.1 Å². The van der Waals surface area contributed by atoms with Gasteiger partial charge in [-0.05, 0) is 57.3 Å². The van der Waals surface area contributed by atoms with E-state index in [0.29, 0.717) is 11.3 Å². The van der Waals surface area contributed by atoms with Crippen LogP contribution >= 0.6 is 27.9 Å². The summed E-state index contributed by atoms with van der Waals surface area (Å²) in [6, 6.07) is 6.97. The highest BCUT2D eigenvalue weighted by atomic mass is 79.9. The number of hydrogen-bond donors (Lipinski definition) is 0. The quantitative estimate of drug-likeness (QED) is 0.280. The Labute approximate surface area is 165 Å². The monoisotopic (exact) mass is 453 g/mol. The van der Waals surface area contributed by atoms with Crippen molar-refractivity contribution in [3.63, 3.8) is 0 Å². The van der Waals surface area contributed by atoms with Gasteiger partial charge in [-0.2, -0.15) is 13.2 Å². The zero-order valence-electron chi connectivity index (χ0n) is 15.2. The van der Waals surface area contributed by atoms with E-state index in [-0.39, 0.29) is 17.8 Å². The number of halogens is 4. The van der Waals surface area contributed by atoms with E-state index in [0.717, 1.165) is 4.47 Å². The molecule has 0 saturated heterocycles. The van der Waals surface area contributed by atoms with Crippen LogP contribution in [0.4, 0.5) is 13.2 Å². The van der Waals surface area contributed by atoms with Crippen molar-refractivity contribution in [1.82, 2.24) is 0 Å². The summed E-state index contributed by atoms with van der Waals surface area (Å²) >= 11 is 4.54. The molecule has 1 rings (SSSR count). The second-order valence-electron chi connectivity index (χ2n) is 6.70. The molecule has 0 aromatic heterocycles. The van der Waals surface area contributed by atoms with Crippen LogP contribution in [0.1, 0.15) is 46.1 Å². The van der Waals surface area contributed by atoms with E-state index in [1.54, 1.807) is 31.2 Å². The fraction of sp³-hybridized carbons (Fsp3) is 0.556. The van der Waals surface area contributed by atoms with Crippen molar-refractivity contribution in [3.05, 3.63) is 34.3 Å². The number of rotatable bonds is 7. The number of hydrogen-bond acceptors (Lipinski definition) is 4. The van der Waals surface area contributed by atoms with Crippen LogP contribution < -0.4 is 0 Å². The van der Waals surface area contributed by atoms with Gasteiger partial charge in [-0.25, -0.2) is 4.40 Å². The smallest absolute Gasteiger partial charge is 0.392 e. The molecule has 0 saturated carbocycles. The summed E-state index contributed by atoms with van der Waals surface area (Å²) in [5, 5.41) is 0. The van der Waals surface area contributed by atoms with Gasteiger partial charge in [-0.3, -0.25) is 4.79 Å². The number of ether oxygens (including phenoxy) is 1. The van der Waals surface area contributed by atoms with Gasteiger partial charge in [0.2, 0.25) is 0 Å². The van der Waals surface area contributed by atoms with Crippen LogP contribution in [0.15, 0.2) is 33.1 Å². The summed E-state index contributed by atoms with van der Waals surface area (Å²) < 4.78 is 50.0. The van der Waals surface area contributed by atoms with Crippen molar-refractivity contribution in [2.45, 2.75) is 51.5 Å². The molecule has 0 aliphatic carbocycles. The summed E-state index contributed by atoms with van der Waals surface area (Å²) in [6.45, 7) is 7.41. The van der Waals surface area contributed by atoms with Gasteiger partial charge in [0.1, 0.15) is 0 Å². The number of esters is 1. The molecule has 0 N–H and O–H groups in total. The molecule has 1 unspecified atom stereocenters. The summed E-state index contributed by atoms with van der Waals surface area (Å²) in [5.74, 6) is -2.70. The highest BCUT2D eigenvalue weighted by molar-refractivity contribution is 9.10. The first-order valence-corrected chi connectivity index (χ1v) is 9.72. The molecule has 0 aliphatic heterocycles. The van der Waals surface area contributed by atoms with E-state index in [1.807, 2.05) is 20.8 Å². The molecule has 26 heavy (non-hydrogen) atoms. The van der Waals surface area contributed by atoms with Crippen molar-refractivity contribution in [1.29, 1.82) is 0 Å². The maximum atomic E-state index is 13.5. The van der Waals surface area contributed by atoms with E-state index in [4.69, 9.17) is 4.74 Å². The molecule has 0 radical (unpaired) electrons. The van der Waals surface area contributed by atoms with Gasteiger partial charge in [0.05, 0.1) is 24.7 Å². The van der Waals surface area contributed by atoms with Crippen LogP contribution in [0.5, 0.6) is 0 Å². The minimum atomic E-state index is -4.52. The molecule has 0 fully saturated rings. The lowest BCUT2D eigenvalue weighted by molar-refractivity contribution is -0.182.